The Morgan fingerprint density at radius 3 is 0.901 bits per heavy atom. The first kappa shape index (κ1) is 86.6. The molecule has 0 amide bonds. The molecule has 0 bridgehead atoms. The van der Waals surface area contributed by atoms with Crippen molar-refractivity contribution in [3.8, 4) is 0 Å². The smallest absolute Gasteiger partial charge is 0.462 e. The molecule has 2 unspecified atom stereocenters. The molecule has 0 saturated heterocycles. The molecule has 0 spiro atoms. The number of carbonyl (C=O) groups is 2. The molecule has 10 heteroatoms. The monoisotopic (exact) mass is 1280 g/mol. The Kier molecular flexibility index (Phi) is 71.1. The third kappa shape index (κ3) is 74.5. The maximum atomic E-state index is 12.8. The lowest BCUT2D eigenvalue weighted by Gasteiger charge is -2.19. The standard InChI is InChI=1S/C81H136NO8P/c1-3-5-7-9-11-13-15-17-19-21-23-25-27-29-31-33-35-37-38-39-40-42-44-46-48-50-52-54-56-58-60-62-64-66-68-70-72-74-81(84)90-79(78-89-91(85,86)88-76-75-82)77-87-80(83)73-71-69-67-65-63-61-59-57-55-53-51-49-47-45-43-41-36-34-32-30-28-26-24-22-20-18-16-14-12-10-8-6-4-2/h5,7,11,13,16-19,22-25,28-31,35,37,39-40,44,46,50,52,56,58,79H,3-4,6,8-10,12,14-15,20-21,26-27,32-34,36,38,41-43,45,47-49,51,53-55,57,59-78,82H2,1-2H3,(H,85,86)/b7-5-,13-11-,18-16-,19-17-,24-22-,25-23-,30-28-,31-29-,37-35-,40-39-,46-44-,52-50-,58-56-. The van der Waals surface area contributed by atoms with Crippen molar-refractivity contribution in [2.45, 2.75) is 315 Å². The first-order valence-corrected chi connectivity index (χ1v) is 38.5. The maximum absolute atomic E-state index is 12.8. The van der Waals surface area contributed by atoms with Gasteiger partial charge in [0.05, 0.1) is 13.2 Å². The summed E-state index contributed by atoms with van der Waals surface area (Å²) in [6.45, 7) is 3.61. The summed E-state index contributed by atoms with van der Waals surface area (Å²) in [6, 6.07) is 0. The van der Waals surface area contributed by atoms with Gasteiger partial charge in [-0.25, -0.2) is 4.57 Å². The molecule has 9 nitrogen and oxygen atoms in total. The number of hydrogen-bond donors (Lipinski definition) is 2. The van der Waals surface area contributed by atoms with Crippen molar-refractivity contribution in [1.29, 1.82) is 0 Å². The van der Waals surface area contributed by atoms with E-state index >= 15 is 0 Å². The van der Waals surface area contributed by atoms with Gasteiger partial charge >= 0.3 is 19.8 Å². The lowest BCUT2D eigenvalue weighted by Crippen LogP contribution is -2.29. The van der Waals surface area contributed by atoms with Gasteiger partial charge in [-0.2, -0.15) is 0 Å². The number of phosphoric ester groups is 1. The molecule has 0 radical (unpaired) electrons. The minimum absolute atomic E-state index is 0.0440. The Bertz CT molecular complexity index is 2050. The molecule has 0 saturated carbocycles. The minimum Gasteiger partial charge on any atom is -0.462 e. The molecule has 0 aromatic carbocycles. The van der Waals surface area contributed by atoms with Crippen LogP contribution in [-0.2, 0) is 32.7 Å². The van der Waals surface area contributed by atoms with Crippen LogP contribution >= 0.6 is 7.82 Å². The Morgan fingerprint density at radius 1 is 0.341 bits per heavy atom. The molecular weight excluding hydrogens is 1150 g/mol. The van der Waals surface area contributed by atoms with Gasteiger partial charge in [0.15, 0.2) is 6.10 Å². The van der Waals surface area contributed by atoms with Crippen LogP contribution in [0.3, 0.4) is 0 Å². The molecule has 0 fully saturated rings. The van der Waals surface area contributed by atoms with Crippen molar-refractivity contribution >= 4 is 19.8 Å². The first-order chi connectivity index (χ1) is 44.8. The van der Waals surface area contributed by atoms with Crippen molar-refractivity contribution in [2.24, 2.45) is 5.73 Å². The highest BCUT2D eigenvalue weighted by molar-refractivity contribution is 7.47. The van der Waals surface area contributed by atoms with Crippen molar-refractivity contribution < 1.29 is 37.6 Å². The third-order valence-electron chi connectivity index (χ3n) is 15.4. The lowest BCUT2D eigenvalue weighted by molar-refractivity contribution is -0.161. The van der Waals surface area contributed by atoms with E-state index in [1.807, 2.05) is 0 Å². The van der Waals surface area contributed by atoms with Crippen LogP contribution in [0.1, 0.15) is 309 Å². The number of rotatable bonds is 68. The van der Waals surface area contributed by atoms with E-state index < -0.39 is 26.5 Å². The van der Waals surface area contributed by atoms with Crippen LogP contribution in [0, 0.1) is 0 Å². The normalized spacial score (nSPS) is 13.8. The number of unbranched alkanes of at least 4 members (excludes halogenated alkanes) is 29. The molecule has 0 rings (SSSR count). The van der Waals surface area contributed by atoms with Gasteiger partial charge in [-0.3, -0.25) is 18.6 Å². The molecule has 2 atom stereocenters. The van der Waals surface area contributed by atoms with Gasteiger partial charge in [-0.15, -0.1) is 0 Å². The maximum Gasteiger partial charge on any atom is 0.472 e. The van der Waals surface area contributed by atoms with Crippen molar-refractivity contribution in [2.75, 3.05) is 26.4 Å². The zero-order valence-electron chi connectivity index (χ0n) is 58.3. The predicted octanol–water partition coefficient (Wildman–Crippen LogP) is 24.7. The number of allylic oxidation sites excluding steroid dienone is 26. The van der Waals surface area contributed by atoms with Gasteiger partial charge in [-0.1, -0.05) is 326 Å². The number of carbonyl (C=O) groups excluding carboxylic acids is 2. The van der Waals surface area contributed by atoms with Gasteiger partial charge < -0.3 is 20.1 Å². The summed E-state index contributed by atoms with van der Waals surface area (Å²) < 4.78 is 33.2. The molecule has 0 aliphatic carbocycles. The van der Waals surface area contributed by atoms with Crippen LogP contribution in [0.4, 0.5) is 0 Å². The third-order valence-corrected chi connectivity index (χ3v) is 16.4. The SMILES string of the molecule is CC/C=C\C/C=C\C/C=C\C/C=C\C/C=C\C/C=C\C/C=C\C/C=C\C/C=C\C/C=C\CCCCCCCCC(=O)OC(COC(=O)CCCCCCCCCCCCCCCCCCCC/C=C\C/C=C\C/C=C\CCCCCCC)COP(=O)(O)OCCN. The molecule has 0 heterocycles. The molecule has 3 N–H and O–H groups in total. The van der Waals surface area contributed by atoms with E-state index in [-0.39, 0.29) is 38.6 Å². The summed E-state index contributed by atoms with van der Waals surface area (Å²) in [5.41, 5.74) is 5.41. The molecule has 91 heavy (non-hydrogen) atoms. The van der Waals surface area contributed by atoms with Crippen LogP contribution in [-0.4, -0.2) is 49.3 Å². The highest BCUT2D eigenvalue weighted by atomic mass is 31.2. The van der Waals surface area contributed by atoms with E-state index in [0.29, 0.717) is 6.42 Å². The van der Waals surface area contributed by atoms with Gasteiger partial charge in [0, 0.05) is 19.4 Å². The number of ether oxygens (including phenoxy) is 2. The van der Waals surface area contributed by atoms with Gasteiger partial charge in [0.1, 0.15) is 6.61 Å². The number of esters is 2. The van der Waals surface area contributed by atoms with Gasteiger partial charge in [0.2, 0.25) is 0 Å². The Morgan fingerprint density at radius 2 is 0.604 bits per heavy atom. The van der Waals surface area contributed by atoms with Crippen LogP contribution in [0.2, 0.25) is 0 Å². The summed E-state index contributed by atoms with van der Waals surface area (Å²) in [5.74, 6) is -0.846. The number of hydrogen-bond acceptors (Lipinski definition) is 8. The first-order valence-electron chi connectivity index (χ1n) is 37.0. The lowest BCUT2D eigenvalue weighted by atomic mass is 10.0. The summed E-state index contributed by atoms with van der Waals surface area (Å²) in [5, 5.41) is 0. The fourth-order valence-corrected chi connectivity index (χ4v) is 10.7. The zero-order chi connectivity index (χ0) is 65.8. The molecular formula is C81H136NO8P. The van der Waals surface area contributed by atoms with Crippen molar-refractivity contribution in [3.05, 3.63) is 158 Å². The van der Waals surface area contributed by atoms with E-state index in [4.69, 9.17) is 24.3 Å². The van der Waals surface area contributed by atoms with Crippen LogP contribution in [0.15, 0.2) is 158 Å². The second kappa shape index (κ2) is 74.7. The highest BCUT2D eigenvalue weighted by Crippen LogP contribution is 2.43. The average Bonchev–Trinajstić information content (AvgIpc) is 3.74. The number of phosphoric acid groups is 1. The van der Waals surface area contributed by atoms with E-state index in [1.165, 1.54) is 141 Å². The second-order valence-electron chi connectivity index (χ2n) is 24.1. The van der Waals surface area contributed by atoms with Gasteiger partial charge in [0.25, 0.3) is 0 Å². The second-order valence-corrected chi connectivity index (χ2v) is 25.5. The van der Waals surface area contributed by atoms with Crippen LogP contribution in [0.5, 0.6) is 0 Å². The van der Waals surface area contributed by atoms with E-state index in [0.717, 1.165) is 135 Å². The van der Waals surface area contributed by atoms with E-state index in [9.17, 15) is 19.0 Å². The molecule has 0 aromatic heterocycles. The molecule has 0 aliphatic rings. The van der Waals surface area contributed by atoms with Gasteiger partial charge in [-0.05, 0) is 128 Å². The summed E-state index contributed by atoms with van der Waals surface area (Å²) in [4.78, 5) is 35.4. The van der Waals surface area contributed by atoms with Crippen LogP contribution < -0.4 is 5.73 Å². The minimum atomic E-state index is -4.41. The summed E-state index contributed by atoms with van der Waals surface area (Å²) in [6.07, 6.45) is 109. The zero-order valence-corrected chi connectivity index (χ0v) is 59.2. The average molecular weight is 1280 g/mol. The highest BCUT2D eigenvalue weighted by Gasteiger charge is 2.26. The predicted molar refractivity (Wildman–Crippen MR) is 394 cm³/mol. The summed E-state index contributed by atoms with van der Waals surface area (Å²) in [7, 11) is -4.41. The largest absolute Gasteiger partial charge is 0.472 e. The summed E-state index contributed by atoms with van der Waals surface area (Å²) >= 11 is 0. The molecule has 518 valence electrons. The number of nitrogens with two attached hydrogens (primary N) is 1. The Labute approximate surface area is 559 Å². The fourth-order valence-electron chi connectivity index (χ4n) is 9.97. The molecule has 0 aliphatic heterocycles. The van der Waals surface area contributed by atoms with Crippen molar-refractivity contribution in [3.63, 3.8) is 0 Å². The van der Waals surface area contributed by atoms with Crippen LogP contribution in [0.25, 0.3) is 0 Å². The fraction of sp³-hybridized carbons (Fsp3) is 0.654. The molecule has 0 aromatic rings. The topological polar surface area (TPSA) is 134 Å². The van der Waals surface area contributed by atoms with Crippen molar-refractivity contribution in [1.82, 2.24) is 0 Å². The quantitative estimate of drug-likeness (QED) is 0.0264. The van der Waals surface area contributed by atoms with E-state index in [2.05, 4.69) is 172 Å². The Hall–Kier alpha value is -4.37. The Balaban J connectivity index is 3.95. The van der Waals surface area contributed by atoms with E-state index in [1.54, 1.807) is 0 Å².